The van der Waals surface area contributed by atoms with E-state index in [1.165, 1.54) is 0 Å². The number of carbonyl (C=O) groups is 1. The van der Waals surface area contributed by atoms with E-state index in [0.717, 1.165) is 50.1 Å². The van der Waals surface area contributed by atoms with Crippen molar-refractivity contribution in [1.82, 2.24) is 10.6 Å². The van der Waals surface area contributed by atoms with E-state index in [0.29, 0.717) is 0 Å². The molecule has 1 aromatic rings. The lowest BCUT2D eigenvalue weighted by Gasteiger charge is -2.36. The largest absolute Gasteiger partial charge is 0.497 e. The van der Waals surface area contributed by atoms with Crippen LogP contribution in [0.25, 0.3) is 0 Å². The average Bonchev–Trinajstić information content (AvgIpc) is 2.60. The number of piperidine rings is 1. The van der Waals surface area contributed by atoms with E-state index >= 15 is 0 Å². The van der Waals surface area contributed by atoms with E-state index in [1.807, 2.05) is 12.1 Å². The first kappa shape index (κ1) is 19.8. The van der Waals surface area contributed by atoms with Crippen molar-refractivity contribution in [2.75, 3.05) is 20.2 Å². The van der Waals surface area contributed by atoms with E-state index in [-0.39, 0.29) is 29.8 Å². The molecule has 1 saturated heterocycles. The summed E-state index contributed by atoms with van der Waals surface area (Å²) < 4.78 is 5.23. The van der Waals surface area contributed by atoms with Crippen molar-refractivity contribution in [3.05, 3.63) is 29.8 Å². The maximum Gasteiger partial charge on any atom is 0.223 e. The van der Waals surface area contributed by atoms with Crippen LogP contribution in [-0.2, 0) is 10.3 Å². The Morgan fingerprint density at radius 3 is 2.26 bits per heavy atom. The molecule has 130 valence electrons. The predicted octanol–water partition coefficient (Wildman–Crippen LogP) is 3.25. The van der Waals surface area contributed by atoms with E-state index in [4.69, 9.17) is 4.74 Å². The van der Waals surface area contributed by atoms with Gasteiger partial charge in [0.1, 0.15) is 5.75 Å². The van der Waals surface area contributed by atoms with Gasteiger partial charge in [-0.3, -0.25) is 4.79 Å². The van der Waals surface area contributed by atoms with Crippen molar-refractivity contribution in [1.29, 1.82) is 0 Å². The van der Waals surface area contributed by atoms with Gasteiger partial charge < -0.3 is 15.4 Å². The Kier molecular flexibility index (Phi) is 7.86. The third-order valence-electron chi connectivity index (χ3n) is 4.92. The van der Waals surface area contributed by atoms with Gasteiger partial charge >= 0.3 is 0 Å². The lowest BCUT2D eigenvalue weighted by molar-refractivity contribution is -0.128. The monoisotopic (exact) mass is 340 g/mol. The quantitative estimate of drug-likeness (QED) is 0.835. The molecule has 1 heterocycles. The minimum atomic E-state index is -0.284. The van der Waals surface area contributed by atoms with Crippen LogP contribution in [0.2, 0.25) is 0 Å². The van der Waals surface area contributed by atoms with Gasteiger partial charge in [-0.1, -0.05) is 26.0 Å². The molecule has 0 radical (unpaired) electrons. The number of rotatable bonds is 6. The Labute approximate surface area is 145 Å². The molecule has 0 unspecified atom stereocenters. The maximum atomic E-state index is 12.7. The van der Waals surface area contributed by atoms with Gasteiger partial charge in [0.15, 0.2) is 0 Å². The van der Waals surface area contributed by atoms with Gasteiger partial charge in [0.25, 0.3) is 0 Å². The van der Waals surface area contributed by atoms with E-state index < -0.39 is 0 Å². The zero-order chi connectivity index (χ0) is 16.0. The second-order valence-corrected chi connectivity index (χ2v) is 6.03. The molecule has 0 aliphatic carbocycles. The fraction of sp³-hybridized carbons (Fsp3) is 0.611. The number of halogens is 1. The minimum absolute atomic E-state index is 0. The molecule has 1 aromatic carbocycles. The predicted molar refractivity (Wildman–Crippen MR) is 96.2 cm³/mol. The van der Waals surface area contributed by atoms with Crippen LogP contribution in [0, 0.1) is 5.92 Å². The van der Waals surface area contributed by atoms with Crippen molar-refractivity contribution in [3.63, 3.8) is 0 Å². The van der Waals surface area contributed by atoms with Crippen molar-refractivity contribution in [2.45, 2.75) is 45.1 Å². The van der Waals surface area contributed by atoms with Crippen LogP contribution < -0.4 is 15.4 Å². The molecule has 4 nitrogen and oxygen atoms in total. The van der Waals surface area contributed by atoms with Crippen LogP contribution in [0.15, 0.2) is 24.3 Å². The number of carbonyl (C=O) groups excluding carboxylic acids is 1. The Hall–Kier alpha value is -1.26. The SMILES string of the molecule is CCC(CC)(NC(=O)C1CCNCC1)c1ccc(OC)cc1.Cl. The van der Waals surface area contributed by atoms with E-state index in [2.05, 4.69) is 36.6 Å². The molecule has 0 atom stereocenters. The number of hydrogen-bond acceptors (Lipinski definition) is 3. The standard InChI is InChI=1S/C18H28N2O2.ClH/c1-4-18(5-2,15-6-8-16(22-3)9-7-15)20-17(21)14-10-12-19-13-11-14;/h6-9,14,19H,4-5,10-13H2,1-3H3,(H,20,21);1H. The number of benzene rings is 1. The molecule has 0 saturated carbocycles. The smallest absolute Gasteiger partial charge is 0.223 e. The van der Waals surface area contributed by atoms with Gasteiger partial charge in [0.2, 0.25) is 5.91 Å². The summed E-state index contributed by atoms with van der Waals surface area (Å²) >= 11 is 0. The molecule has 2 N–H and O–H groups in total. The lowest BCUT2D eigenvalue weighted by atomic mass is 9.83. The highest BCUT2D eigenvalue weighted by Gasteiger charge is 2.33. The van der Waals surface area contributed by atoms with Crippen molar-refractivity contribution in [3.8, 4) is 5.75 Å². The fourth-order valence-electron chi connectivity index (χ4n) is 3.24. The van der Waals surface area contributed by atoms with Gasteiger partial charge in [-0.15, -0.1) is 12.4 Å². The molecular formula is C18H29ClN2O2. The summed E-state index contributed by atoms with van der Waals surface area (Å²) in [6.45, 7) is 6.14. The summed E-state index contributed by atoms with van der Waals surface area (Å²) in [7, 11) is 1.67. The third kappa shape index (κ3) is 4.61. The van der Waals surface area contributed by atoms with E-state index in [1.54, 1.807) is 7.11 Å². The number of hydrogen-bond donors (Lipinski definition) is 2. The second-order valence-electron chi connectivity index (χ2n) is 6.03. The first-order chi connectivity index (χ1) is 10.6. The van der Waals surface area contributed by atoms with Crippen LogP contribution in [0.3, 0.4) is 0 Å². The second kappa shape index (κ2) is 9.14. The summed E-state index contributed by atoms with van der Waals surface area (Å²) in [5.41, 5.74) is 0.870. The van der Waals surface area contributed by atoms with Crippen LogP contribution in [-0.4, -0.2) is 26.1 Å². The normalized spacial score (nSPS) is 15.6. The topological polar surface area (TPSA) is 50.4 Å². The van der Waals surface area contributed by atoms with Crippen molar-refractivity contribution in [2.24, 2.45) is 5.92 Å². The molecule has 0 aromatic heterocycles. The van der Waals surface area contributed by atoms with Crippen LogP contribution in [0.1, 0.15) is 45.1 Å². The molecule has 5 heteroatoms. The van der Waals surface area contributed by atoms with Gasteiger partial charge in [0.05, 0.1) is 12.6 Å². The average molecular weight is 341 g/mol. The number of methoxy groups -OCH3 is 1. The first-order valence-electron chi connectivity index (χ1n) is 8.32. The highest BCUT2D eigenvalue weighted by Crippen LogP contribution is 2.31. The first-order valence-corrected chi connectivity index (χ1v) is 8.32. The maximum absolute atomic E-state index is 12.7. The zero-order valence-corrected chi connectivity index (χ0v) is 15.2. The van der Waals surface area contributed by atoms with Gasteiger partial charge in [-0.25, -0.2) is 0 Å². The molecule has 1 amide bonds. The van der Waals surface area contributed by atoms with Crippen molar-refractivity contribution < 1.29 is 9.53 Å². The van der Waals surface area contributed by atoms with Crippen molar-refractivity contribution >= 4 is 18.3 Å². The summed E-state index contributed by atoms with van der Waals surface area (Å²) in [5.74, 6) is 1.17. The van der Waals surface area contributed by atoms with Crippen LogP contribution in [0.4, 0.5) is 0 Å². The summed E-state index contributed by atoms with van der Waals surface area (Å²) in [6, 6.07) is 8.06. The Bertz CT molecular complexity index is 480. The molecule has 23 heavy (non-hydrogen) atoms. The van der Waals surface area contributed by atoms with Crippen LogP contribution >= 0.6 is 12.4 Å². The fourth-order valence-corrected chi connectivity index (χ4v) is 3.24. The summed E-state index contributed by atoms with van der Waals surface area (Å²) in [6.07, 6.45) is 3.62. The molecule has 0 bridgehead atoms. The molecule has 1 aliphatic rings. The van der Waals surface area contributed by atoms with Crippen LogP contribution in [0.5, 0.6) is 5.75 Å². The lowest BCUT2D eigenvalue weighted by Crippen LogP contribution is -2.49. The Balaban J connectivity index is 0.00000264. The van der Waals surface area contributed by atoms with Gasteiger partial charge in [-0.2, -0.15) is 0 Å². The van der Waals surface area contributed by atoms with Gasteiger partial charge in [-0.05, 0) is 56.5 Å². The zero-order valence-electron chi connectivity index (χ0n) is 14.4. The highest BCUT2D eigenvalue weighted by atomic mass is 35.5. The molecule has 2 rings (SSSR count). The number of amides is 1. The summed E-state index contributed by atoms with van der Waals surface area (Å²) in [5, 5.41) is 6.66. The molecular weight excluding hydrogens is 312 g/mol. The summed E-state index contributed by atoms with van der Waals surface area (Å²) in [4.78, 5) is 12.7. The minimum Gasteiger partial charge on any atom is -0.497 e. The Morgan fingerprint density at radius 2 is 1.78 bits per heavy atom. The Morgan fingerprint density at radius 1 is 1.22 bits per heavy atom. The molecule has 0 spiro atoms. The number of nitrogens with one attached hydrogen (secondary N) is 2. The van der Waals surface area contributed by atoms with Gasteiger partial charge in [0, 0.05) is 5.92 Å². The van der Waals surface area contributed by atoms with E-state index in [9.17, 15) is 4.79 Å². The molecule has 1 aliphatic heterocycles. The molecule has 1 fully saturated rings. The number of ether oxygens (including phenoxy) is 1. The third-order valence-corrected chi connectivity index (χ3v) is 4.92. The highest BCUT2D eigenvalue weighted by molar-refractivity contribution is 5.85.